The number of aromatic nitrogens is 2. The summed E-state index contributed by atoms with van der Waals surface area (Å²) in [6, 6.07) is 8.20. The van der Waals surface area contributed by atoms with Gasteiger partial charge in [-0.2, -0.15) is 0 Å². The fraction of sp³-hybridized carbons (Fsp3) is 0.393. The molecule has 8 heteroatoms. The van der Waals surface area contributed by atoms with Crippen molar-refractivity contribution in [2.24, 2.45) is 5.41 Å². The first-order valence-corrected chi connectivity index (χ1v) is 11.6. The lowest BCUT2D eigenvalue weighted by atomic mass is 9.77. The van der Waals surface area contributed by atoms with Gasteiger partial charge < -0.3 is 4.74 Å². The lowest BCUT2D eigenvalue weighted by Crippen LogP contribution is -2.29. The number of esters is 1. The van der Waals surface area contributed by atoms with E-state index in [2.05, 4.69) is 9.97 Å². The molecule has 0 amide bonds. The topological polar surface area (TPSA) is 52.1 Å². The zero-order valence-corrected chi connectivity index (χ0v) is 21.3. The van der Waals surface area contributed by atoms with Crippen molar-refractivity contribution in [3.63, 3.8) is 0 Å². The number of nitrogens with zero attached hydrogens (tertiary/aromatic N) is 2. The van der Waals surface area contributed by atoms with Crippen molar-refractivity contribution in [2.75, 3.05) is 0 Å². The van der Waals surface area contributed by atoms with Gasteiger partial charge >= 0.3 is 5.97 Å². The largest absolute Gasteiger partial charge is 0.460 e. The van der Waals surface area contributed by atoms with Crippen LogP contribution in [0.4, 0.5) is 17.6 Å². The number of hydrogen-bond donors (Lipinski definition) is 0. The predicted octanol–water partition coefficient (Wildman–Crippen LogP) is 6.79. The van der Waals surface area contributed by atoms with Crippen LogP contribution in [0.3, 0.4) is 0 Å². The van der Waals surface area contributed by atoms with Gasteiger partial charge in [0.1, 0.15) is 12.4 Å². The summed E-state index contributed by atoms with van der Waals surface area (Å²) < 4.78 is 64.2. The van der Waals surface area contributed by atoms with E-state index in [1.54, 1.807) is 51.1 Å². The summed E-state index contributed by atoms with van der Waals surface area (Å²) in [5.74, 6) is -7.31. The molecule has 4 nitrogen and oxygen atoms in total. The molecular formula is C28H30F4N2O2. The number of halogens is 4. The lowest BCUT2D eigenvalue weighted by molar-refractivity contribution is -0.149. The second-order valence-corrected chi connectivity index (χ2v) is 10.9. The van der Waals surface area contributed by atoms with E-state index in [1.165, 1.54) is 12.4 Å². The van der Waals surface area contributed by atoms with Crippen molar-refractivity contribution < 1.29 is 27.1 Å². The van der Waals surface area contributed by atoms with E-state index in [9.17, 15) is 22.4 Å². The van der Waals surface area contributed by atoms with Gasteiger partial charge in [0.2, 0.25) is 0 Å². The average Bonchev–Trinajstić information content (AvgIpc) is 2.80. The molecular weight excluding hydrogens is 472 g/mol. The maximum atomic E-state index is 14.8. The second-order valence-electron chi connectivity index (χ2n) is 10.9. The van der Waals surface area contributed by atoms with Crippen LogP contribution in [0.2, 0.25) is 0 Å². The van der Waals surface area contributed by atoms with Gasteiger partial charge in [-0.1, -0.05) is 71.9 Å². The molecule has 3 aromatic rings. The monoisotopic (exact) mass is 502 g/mol. The SMILES string of the molecule is CC(C)(C)c1ncc(C(C(=O)OCc2c(F)c(F)c(Cc3ccccc3)c(F)c2F)C(C)(C)C)cn1. The maximum Gasteiger partial charge on any atom is 0.314 e. The first-order chi connectivity index (χ1) is 16.7. The van der Waals surface area contributed by atoms with E-state index in [4.69, 9.17) is 4.74 Å². The Morgan fingerprint density at radius 2 is 1.33 bits per heavy atom. The molecule has 0 saturated carbocycles. The fourth-order valence-electron chi connectivity index (χ4n) is 3.90. The fourth-order valence-corrected chi connectivity index (χ4v) is 3.90. The summed E-state index contributed by atoms with van der Waals surface area (Å²) in [7, 11) is 0. The molecule has 36 heavy (non-hydrogen) atoms. The van der Waals surface area contributed by atoms with Crippen LogP contribution in [-0.2, 0) is 28.0 Å². The average molecular weight is 503 g/mol. The predicted molar refractivity (Wildman–Crippen MR) is 128 cm³/mol. The Hall–Kier alpha value is -3.29. The van der Waals surface area contributed by atoms with Gasteiger partial charge in [-0.05, 0) is 11.0 Å². The van der Waals surface area contributed by atoms with Gasteiger partial charge in [0, 0.05) is 35.4 Å². The minimum absolute atomic E-state index is 0.299. The zero-order valence-electron chi connectivity index (χ0n) is 21.3. The molecule has 0 aliphatic heterocycles. The van der Waals surface area contributed by atoms with Crippen molar-refractivity contribution in [3.8, 4) is 0 Å². The molecule has 0 aliphatic carbocycles. The third-order valence-corrected chi connectivity index (χ3v) is 5.81. The summed E-state index contributed by atoms with van der Waals surface area (Å²) in [5.41, 5.74) is -1.74. The van der Waals surface area contributed by atoms with Crippen LogP contribution < -0.4 is 0 Å². The summed E-state index contributed by atoms with van der Waals surface area (Å²) in [6.45, 7) is 10.2. The molecule has 0 saturated heterocycles. The third kappa shape index (κ3) is 5.91. The Morgan fingerprint density at radius 3 is 1.81 bits per heavy atom. The minimum Gasteiger partial charge on any atom is -0.460 e. The number of benzene rings is 2. The van der Waals surface area contributed by atoms with Gasteiger partial charge in [0.25, 0.3) is 0 Å². The molecule has 192 valence electrons. The number of hydrogen-bond acceptors (Lipinski definition) is 4. The van der Waals surface area contributed by atoms with E-state index in [-0.39, 0.29) is 11.8 Å². The van der Waals surface area contributed by atoms with Crippen LogP contribution in [0.25, 0.3) is 0 Å². The highest BCUT2D eigenvalue weighted by Gasteiger charge is 2.36. The molecule has 2 aromatic carbocycles. The van der Waals surface area contributed by atoms with Crippen molar-refractivity contribution in [3.05, 3.63) is 94.1 Å². The lowest BCUT2D eigenvalue weighted by Gasteiger charge is -2.29. The van der Waals surface area contributed by atoms with Crippen molar-refractivity contribution in [1.29, 1.82) is 0 Å². The zero-order chi connectivity index (χ0) is 26.8. The third-order valence-electron chi connectivity index (χ3n) is 5.81. The molecule has 0 aliphatic rings. The Labute approximate surface area is 208 Å². The van der Waals surface area contributed by atoms with Crippen LogP contribution >= 0.6 is 0 Å². The van der Waals surface area contributed by atoms with Crippen LogP contribution in [-0.4, -0.2) is 15.9 Å². The van der Waals surface area contributed by atoms with E-state index in [0.717, 1.165) is 0 Å². The van der Waals surface area contributed by atoms with E-state index >= 15 is 0 Å². The molecule has 1 heterocycles. The van der Waals surface area contributed by atoms with Crippen molar-refractivity contribution >= 4 is 5.97 Å². The molecule has 3 rings (SSSR count). The Kier molecular flexibility index (Phi) is 7.86. The minimum atomic E-state index is -1.59. The smallest absolute Gasteiger partial charge is 0.314 e. The second kappa shape index (κ2) is 10.4. The number of rotatable bonds is 6. The molecule has 0 N–H and O–H groups in total. The van der Waals surface area contributed by atoms with Crippen LogP contribution in [0, 0.1) is 28.7 Å². The summed E-state index contributed by atoms with van der Waals surface area (Å²) in [5, 5.41) is 0. The van der Waals surface area contributed by atoms with Crippen LogP contribution in [0.1, 0.15) is 75.5 Å². The molecule has 1 unspecified atom stereocenters. The highest BCUT2D eigenvalue weighted by atomic mass is 19.2. The molecule has 0 fully saturated rings. The summed E-state index contributed by atoms with van der Waals surface area (Å²) in [4.78, 5) is 21.7. The van der Waals surface area contributed by atoms with Gasteiger partial charge in [0.05, 0.1) is 11.5 Å². The number of carbonyl (C=O) groups excluding carboxylic acids is 1. The highest BCUT2D eigenvalue weighted by Crippen LogP contribution is 2.36. The van der Waals surface area contributed by atoms with Gasteiger partial charge in [-0.3, -0.25) is 4.79 Å². The van der Waals surface area contributed by atoms with E-state index < -0.39 is 58.3 Å². The van der Waals surface area contributed by atoms with Crippen molar-refractivity contribution in [2.45, 2.75) is 65.9 Å². The normalized spacial score (nSPS) is 12.9. The molecule has 0 bridgehead atoms. The first kappa shape index (κ1) is 27.3. The van der Waals surface area contributed by atoms with Gasteiger partial charge in [0.15, 0.2) is 23.3 Å². The Balaban J connectivity index is 1.86. The molecule has 1 aromatic heterocycles. The quantitative estimate of drug-likeness (QED) is 0.211. The maximum absolute atomic E-state index is 14.8. The summed E-state index contributed by atoms with van der Waals surface area (Å²) >= 11 is 0. The van der Waals surface area contributed by atoms with E-state index in [0.29, 0.717) is 17.0 Å². The Morgan fingerprint density at radius 1 is 0.833 bits per heavy atom. The van der Waals surface area contributed by atoms with Crippen LogP contribution in [0.5, 0.6) is 0 Å². The van der Waals surface area contributed by atoms with Crippen molar-refractivity contribution in [1.82, 2.24) is 9.97 Å². The van der Waals surface area contributed by atoms with Gasteiger partial charge in [-0.25, -0.2) is 27.5 Å². The first-order valence-electron chi connectivity index (χ1n) is 11.6. The number of carbonyl (C=O) groups is 1. The Bertz CT molecular complexity index is 1200. The van der Waals surface area contributed by atoms with Gasteiger partial charge in [-0.15, -0.1) is 0 Å². The molecule has 0 spiro atoms. The number of ether oxygens (including phenoxy) is 1. The highest BCUT2D eigenvalue weighted by molar-refractivity contribution is 5.79. The standard InChI is InChI=1S/C28H30F4N2O2/c1-27(2,3)20(17-13-33-26(34-14-17)28(4,5)6)25(35)36-15-19-23(31)21(29)18(22(30)24(19)32)12-16-10-8-7-9-11-16/h7-11,13-14,20H,12,15H2,1-6H3. The van der Waals surface area contributed by atoms with Crippen LogP contribution in [0.15, 0.2) is 42.7 Å². The molecule has 0 radical (unpaired) electrons. The van der Waals surface area contributed by atoms with E-state index in [1.807, 2.05) is 20.8 Å². The summed E-state index contributed by atoms with van der Waals surface area (Å²) in [6.07, 6.45) is 2.70. The molecule has 1 atom stereocenters.